The Morgan fingerprint density at radius 1 is 1.32 bits per heavy atom. The molecule has 2 saturated heterocycles. The molecule has 0 aromatic heterocycles. The summed E-state index contributed by atoms with van der Waals surface area (Å²) >= 11 is 0. The van der Waals surface area contributed by atoms with Crippen LogP contribution in [0.3, 0.4) is 0 Å². The Bertz CT molecular complexity index is 716. The predicted octanol–water partition coefficient (Wildman–Crippen LogP) is 0.672. The minimum absolute atomic E-state index is 0. The number of hydrogen-bond acceptors (Lipinski definition) is 5. The first-order valence-corrected chi connectivity index (χ1v) is 7.50. The van der Waals surface area contributed by atoms with Crippen LogP contribution in [0.15, 0.2) is 18.2 Å². The van der Waals surface area contributed by atoms with E-state index in [2.05, 4.69) is 17.2 Å². The summed E-state index contributed by atoms with van der Waals surface area (Å²) in [6.07, 6.45) is 0. The number of methoxy groups -OCH3 is 1. The number of likely N-dealkylation sites (tertiary alicyclic amines) is 1. The van der Waals surface area contributed by atoms with Gasteiger partial charge in [0.25, 0.3) is 5.91 Å². The number of nitrogens with zero attached hydrogens (tertiary/aromatic N) is 1. The van der Waals surface area contributed by atoms with Crippen molar-refractivity contribution in [2.75, 3.05) is 39.8 Å². The Balaban J connectivity index is 0.00000156. The average Bonchev–Trinajstić information content (AvgIpc) is 2.49. The molecule has 0 unspecified atom stereocenters. The van der Waals surface area contributed by atoms with E-state index in [0.717, 1.165) is 26.2 Å². The maximum Gasteiger partial charge on any atom is 0.339 e. The number of ether oxygens (including phenoxy) is 1. The van der Waals surface area contributed by atoms with E-state index in [9.17, 15) is 9.59 Å². The Kier molecular flexibility index (Phi) is 7.27. The number of nitrogens with one attached hydrogen (secondary N) is 1. The lowest BCUT2D eigenvalue weighted by molar-refractivity contribution is -0.0248. The molecule has 1 amide bonds. The fourth-order valence-electron chi connectivity index (χ4n) is 3.01. The highest BCUT2D eigenvalue weighted by Crippen LogP contribution is 2.35. The van der Waals surface area contributed by atoms with Crippen molar-refractivity contribution >= 4 is 36.7 Å². The van der Waals surface area contributed by atoms with Gasteiger partial charge >= 0.3 is 5.97 Å². The molecule has 1 aromatic carbocycles. The summed E-state index contributed by atoms with van der Waals surface area (Å²) in [7, 11) is 1.31. The van der Waals surface area contributed by atoms with Crippen LogP contribution < -0.4 is 11.1 Å². The number of hydrogen-bond donors (Lipinski definition) is 2. The highest BCUT2D eigenvalue weighted by molar-refractivity contribution is 5.98. The summed E-state index contributed by atoms with van der Waals surface area (Å²) in [4.78, 5) is 26.2. The first-order chi connectivity index (χ1) is 11.1. The average molecular weight is 386 g/mol. The Labute approximate surface area is 159 Å². The van der Waals surface area contributed by atoms with Gasteiger partial charge in [-0.1, -0.05) is 11.8 Å². The van der Waals surface area contributed by atoms with E-state index in [4.69, 9.17) is 10.5 Å². The molecular weight excluding hydrogens is 365 g/mol. The lowest BCUT2D eigenvalue weighted by Gasteiger charge is -2.56. The van der Waals surface area contributed by atoms with Crippen LogP contribution in [0.4, 0.5) is 0 Å². The molecule has 1 aromatic rings. The molecule has 2 aliphatic heterocycles. The molecule has 0 bridgehead atoms. The third-order valence-corrected chi connectivity index (χ3v) is 4.34. The van der Waals surface area contributed by atoms with E-state index in [-0.39, 0.29) is 42.7 Å². The van der Waals surface area contributed by atoms with E-state index in [1.54, 1.807) is 18.2 Å². The monoisotopic (exact) mass is 385 g/mol. The smallest absolute Gasteiger partial charge is 0.339 e. The highest BCUT2D eigenvalue weighted by Gasteiger charge is 2.49. The zero-order chi connectivity index (χ0) is 16.4. The van der Waals surface area contributed by atoms with Crippen LogP contribution in [-0.4, -0.2) is 56.6 Å². The summed E-state index contributed by atoms with van der Waals surface area (Å²) < 4.78 is 4.75. The Morgan fingerprint density at radius 3 is 2.52 bits per heavy atom. The second-order valence-corrected chi connectivity index (χ2v) is 6.02. The van der Waals surface area contributed by atoms with Gasteiger partial charge in [0.1, 0.15) is 0 Å². The zero-order valence-corrected chi connectivity index (χ0v) is 15.5. The lowest BCUT2D eigenvalue weighted by atomic mass is 9.74. The van der Waals surface area contributed by atoms with Gasteiger partial charge in [0.15, 0.2) is 0 Å². The van der Waals surface area contributed by atoms with Gasteiger partial charge in [-0.25, -0.2) is 4.79 Å². The summed E-state index contributed by atoms with van der Waals surface area (Å²) in [5, 5.41) is 3.24. The van der Waals surface area contributed by atoms with Gasteiger partial charge in [-0.05, 0) is 18.2 Å². The molecule has 6 nitrogen and oxygen atoms in total. The van der Waals surface area contributed by atoms with Gasteiger partial charge in [-0.15, -0.1) is 24.8 Å². The first-order valence-electron chi connectivity index (χ1n) is 7.50. The van der Waals surface area contributed by atoms with Crippen LogP contribution in [0.1, 0.15) is 26.3 Å². The van der Waals surface area contributed by atoms with E-state index >= 15 is 0 Å². The second-order valence-electron chi connectivity index (χ2n) is 6.02. The predicted molar refractivity (Wildman–Crippen MR) is 99.4 cm³/mol. The minimum atomic E-state index is -0.478. The summed E-state index contributed by atoms with van der Waals surface area (Å²) in [6, 6.07) is 4.87. The van der Waals surface area contributed by atoms with Crippen molar-refractivity contribution in [1.29, 1.82) is 0 Å². The van der Waals surface area contributed by atoms with Crippen molar-refractivity contribution in [1.82, 2.24) is 10.2 Å². The molecule has 25 heavy (non-hydrogen) atoms. The molecule has 0 radical (unpaired) electrons. The molecule has 2 fully saturated rings. The van der Waals surface area contributed by atoms with Crippen molar-refractivity contribution < 1.29 is 14.3 Å². The van der Waals surface area contributed by atoms with Gasteiger partial charge in [-0.2, -0.15) is 0 Å². The third kappa shape index (κ3) is 4.07. The molecule has 3 rings (SSSR count). The molecule has 0 aliphatic carbocycles. The highest BCUT2D eigenvalue weighted by atomic mass is 35.5. The minimum Gasteiger partial charge on any atom is -0.465 e. The maximum atomic E-state index is 12.5. The molecule has 8 heteroatoms. The fourth-order valence-corrected chi connectivity index (χ4v) is 3.01. The van der Waals surface area contributed by atoms with Crippen LogP contribution in [0, 0.1) is 17.3 Å². The second kappa shape index (κ2) is 8.54. The largest absolute Gasteiger partial charge is 0.465 e. The number of halogens is 2. The Hall–Kier alpha value is -1.78. The van der Waals surface area contributed by atoms with Crippen molar-refractivity contribution in [3.63, 3.8) is 0 Å². The molecule has 136 valence electrons. The lowest BCUT2D eigenvalue weighted by Crippen LogP contribution is -2.71. The molecule has 0 atom stereocenters. The van der Waals surface area contributed by atoms with E-state index in [0.29, 0.717) is 16.7 Å². The molecule has 1 spiro atoms. The molecule has 2 heterocycles. The summed E-state index contributed by atoms with van der Waals surface area (Å²) in [5.41, 5.74) is 7.01. The number of benzene rings is 1. The van der Waals surface area contributed by atoms with Gasteiger partial charge in [-0.3, -0.25) is 4.79 Å². The van der Waals surface area contributed by atoms with Crippen LogP contribution in [0.2, 0.25) is 0 Å². The van der Waals surface area contributed by atoms with Crippen molar-refractivity contribution in [3.05, 3.63) is 34.9 Å². The van der Waals surface area contributed by atoms with Crippen LogP contribution in [-0.2, 0) is 4.74 Å². The molecule has 3 N–H and O–H groups in total. The van der Waals surface area contributed by atoms with E-state index in [1.165, 1.54) is 7.11 Å². The molecule has 0 saturated carbocycles. The van der Waals surface area contributed by atoms with Crippen molar-refractivity contribution in [2.45, 2.75) is 0 Å². The van der Waals surface area contributed by atoms with Crippen molar-refractivity contribution in [2.24, 2.45) is 11.1 Å². The van der Waals surface area contributed by atoms with Crippen molar-refractivity contribution in [3.8, 4) is 11.8 Å². The number of nitrogens with two attached hydrogens (primary N) is 1. The zero-order valence-electron chi connectivity index (χ0n) is 13.8. The molecular formula is C17H21Cl2N3O3. The number of esters is 1. The fraction of sp³-hybridized carbons (Fsp3) is 0.412. The first kappa shape index (κ1) is 21.3. The number of carbonyl (C=O) groups excluding carboxylic acids is 2. The quantitative estimate of drug-likeness (QED) is 0.577. The SMILES string of the molecule is COC(=O)c1ccc(C(=O)N2CC3(CNC3)C2)cc1C#CCN.Cl.Cl. The topological polar surface area (TPSA) is 84.7 Å². The van der Waals surface area contributed by atoms with Gasteiger partial charge in [0, 0.05) is 42.7 Å². The molecule has 2 aliphatic rings. The standard InChI is InChI=1S/C17H19N3O3.2ClH/c1-23-16(22)14-5-4-13(7-12(14)3-2-6-18)15(21)20-10-17(11-20)8-19-9-17;;/h4-5,7,19H,6,8-11,18H2,1H3;2*1H. The van der Waals surface area contributed by atoms with Crippen LogP contribution in [0.5, 0.6) is 0 Å². The number of carbonyl (C=O) groups is 2. The summed E-state index contributed by atoms with van der Waals surface area (Å²) in [5.74, 6) is 5.05. The van der Waals surface area contributed by atoms with Gasteiger partial charge in [0.2, 0.25) is 0 Å². The number of amides is 1. The summed E-state index contributed by atoms with van der Waals surface area (Å²) in [6.45, 7) is 3.69. The normalized spacial score (nSPS) is 16.2. The third-order valence-electron chi connectivity index (χ3n) is 4.34. The number of rotatable bonds is 2. The van der Waals surface area contributed by atoms with E-state index < -0.39 is 5.97 Å². The van der Waals surface area contributed by atoms with Crippen LogP contribution in [0.25, 0.3) is 0 Å². The Morgan fingerprint density at radius 2 is 2.00 bits per heavy atom. The van der Waals surface area contributed by atoms with Gasteiger partial charge in [0.05, 0.1) is 19.2 Å². The maximum absolute atomic E-state index is 12.5. The van der Waals surface area contributed by atoms with E-state index in [1.807, 2.05) is 4.90 Å². The van der Waals surface area contributed by atoms with Crippen LogP contribution >= 0.6 is 24.8 Å². The van der Waals surface area contributed by atoms with Gasteiger partial charge < -0.3 is 20.7 Å².